The van der Waals surface area contributed by atoms with Crippen molar-refractivity contribution in [1.29, 1.82) is 0 Å². The largest absolute Gasteiger partial charge is 0.252 e. The second-order valence-corrected chi connectivity index (χ2v) is 3.11. The van der Waals surface area contributed by atoms with Crippen molar-refractivity contribution < 1.29 is 0 Å². The van der Waals surface area contributed by atoms with Gasteiger partial charge in [0.2, 0.25) is 0 Å². The zero-order valence-electron chi connectivity index (χ0n) is 7.86. The first-order chi connectivity index (χ1) is 6.31. The Kier molecular flexibility index (Phi) is 1.96. The van der Waals surface area contributed by atoms with E-state index < -0.39 is 0 Å². The molecule has 2 heterocycles. The summed E-state index contributed by atoms with van der Waals surface area (Å²) in [4.78, 5) is 8.44. The van der Waals surface area contributed by atoms with Gasteiger partial charge in [-0.05, 0) is 19.4 Å². The van der Waals surface area contributed by atoms with Gasteiger partial charge in [-0.3, -0.25) is 0 Å². The molecular formula is C9H12N4. The Morgan fingerprint density at radius 1 is 1.46 bits per heavy atom. The Bertz CT molecular complexity index is 418. The van der Waals surface area contributed by atoms with Gasteiger partial charge < -0.3 is 0 Å². The van der Waals surface area contributed by atoms with Crippen molar-refractivity contribution in [3.63, 3.8) is 0 Å². The van der Waals surface area contributed by atoms with Crippen molar-refractivity contribution in [2.45, 2.75) is 26.7 Å². The summed E-state index contributed by atoms with van der Waals surface area (Å²) in [6.07, 6.45) is 3.64. The van der Waals surface area contributed by atoms with Crippen LogP contribution in [0.25, 0.3) is 5.78 Å². The number of aryl methyl sites for hydroxylation is 2. The third-order valence-corrected chi connectivity index (χ3v) is 1.99. The van der Waals surface area contributed by atoms with Crippen LogP contribution in [0.1, 0.15) is 24.7 Å². The first-order valence-corrected chi connectivity index (χ1v) is 4.47. The SMILES string of the molecule is CCCc1cc(C)n2ncnc2n1. The van der Waals surface area contributed by atoms with Gasteiger partial charge in [-0.1, -0.05) is 13.3 Å². The molecule has 0 aromatic carbocycles. The summed E-state index contributed by atoms with van der Waals surface area (Å²) in [7, 11) is 0. The molecule has 0 radical (unpaired) electrons. The minimum Gasteiger partial charge on any atom is -0.216 e. The maximum Gasteiger partial charge on any atom is 0.252 e. The van der Waals surface area contributed by atoms with E-state index in [0.29, 0.717) is 5.78 Å². The van der Waals surface area contributed by atoms with Crippen LogP contribution in [-0.2, 0) is 6.42 Å². The number of hydrogen-bond donors (Lipinski definition) is 0. The normalized spacial score (nSPS) is 10.9. The predicted octanol–water partition coefficient (Wildman–Crippen LogP) is 1.39. The van der Waals surface area contributed by atoms with Crippen molar-refractivity contribution in [3.05, 3.63) is 23.8 Å². The molecule has 0 aliphatic carbocycles. The lowest BCUT2D eigenvalue weighted by Crippen LogP contribution is -2.00. The van der Waals surface area contributed by atoms with Gasteiger partial charge in [0.25, 0.3) is 5.78 Å². The lowest BCUT2D eigenvalue weighted by Gasteiger charge is -2.01. The average molecular weight is 176 g/mol. The Hall–Kier alpha value is -1.45. The second-order valence-electron chi connectivity index (χ2n) is 3.11. The first-order valence-electron chi connectivity index (χ1n) is 4.47. The second kappa shape index (κ2) is 3.12. The fraction of sp³-hybridized carbons (Fsp3) is 0.444. The smallest absolute Gasteiger partial charge is 0.216 e. The minimum atomic E-state index is 0.698. The van der Waals surface area contributed by atoms with Gasteiger partial charge in [0.05, 0.1) is 0 Å². The third kappa shape index (κ3) is 1.39. The molecule has 4 heteroatoms. The molecule has 13 heavy (non-hydrogen) atoms. The van der Waals surface area contributed by atoms with Gasteiger partial charge in [0.1, 0.15) is 6.33 Å². The molecule has 0 aliphatic heterocycles. The number of fused-ring (bicyclic) bond motifs is 1. The molecule has 2 aromatic heterocycles. The van der Waals surface area contributed by atoms with Crippen LogP contribution in [0.15, 0.2) is 12.4 Å². The van der Waals surface area contributed by atoms with Crippen LogP contribution in [0.3, 0.4) is 0 Å². The predicted molar refractivity (Wildman–Crippen MR) is 49.5 cm³/mol. The van der Waals surface area contributed by atoms with E-state index in [1.807, 2.05) is 6.92 Å². The Labute approximate surface area is 76.6 Å². The van der Waals surface area contributed by atoms with E-state index >= 15 is 0 Å². The molecule has 0 amide bonds. The van der Waals surface area contributed by atoms with Crippen molar-refractivity contribution in [3.8, 4) is 0 Å². The van der Waals surface area contributed by atoms with Crippen LogP contribution in [0.2, 0.25) is 0 Å². The number of aromatic nitrogens is 4. The fourth-order valence-electron chi connectivity index (χ4n) is 1.41. The Morgan fingerprint density at radius 2 is 2.31 bits per heavy atom. The third-order valence-electron chi connectivity index (χ3n) is 1.99. The Balaban J connectivity index is 2.56. The minimum absolute atomic E-state index is 0.698. The van der Waals surface area contributed by atoms with Crippen LogP contribution in [0, 0.1) is 6.92 Å². The van der Waals surface area contributed by atoms with E-state index in [0.717, 1.165) is 24.2 Å². The summed E-state index contributed by atoms with van der Waals surface area (Å²) >= 11 is 0. The Morgan fingerprint density at radius 3 is 3.08 bits per heavy atom. The quantitative estimate of drug-likeness (QED) is 0.694. The van der Waals surface area contributed by atoms with Crippen molar-refractivity contribution in [1.82, 2.24) is 19.6 Å². The first kappa shape index (κ1) is 8.16. The van der Waals surface area contributed by atoms with E-state index in [1.165, 1.54) is 6.33 Å². The molecule has 0 aliphatic rings. The summed E-state index contributed by atoms with van der Waals surface area (Å²) in [5, 5.41) is 4.06. The molecule has 4 nitrogen and oxygen atoms in total. The highest BCUT2D eigenvalue weighted by atomic mass is 15.3. The zero-order valence-corrected chi connectivity index (χ0v) is 7.86. The van der Waals surface area contributed by atoms with Crippen LogP contribution in [0.5, 0.6) is 0 Å². The molecule has 0 unspecified atom stereocenters. The van der Waals surface area contributed by atoms with E-state index in [9.17, 15) is 0 Å². The van der Waals surface area contributed by atoms with Gasteiger partial charge in [-0.25, -0.2) is 9.50 Å². The average Bonchev–Trinajstić information content (AvgIpc) is 2.53. The van der Waals surface area contributed by atoms with Gasteiger partial charge in [0, 0.05) is 11.4 Å². The molecule has 0 fully saturated rings. The van der Waals surface area contributed by atoms with E-state index in [1.54, 1.807) is 4.52 Å². The fourth-order valence-corrected chi connectivity index (χ4v) is 1.41. The number of rotatable bonds is 2. The molecule has 0 spiro atoms. The van der Waals surface area contributed by atoms with E-state index in [4.69, 9.17) is 0 Å². The van der Waals surface area contributed by atoms with Crippen molar-refractivity contribution in [2.75, 3.05) is 0 Å². The lowest BCUT2D eigenvalue weighted by molar-refractivity contribution is 0.836. The molecule has 68 valence electrons. The van der Waals surface area contributed by atoms with Crippen LogP contribution < -0.4 is 0 Å². The zero-order chi connectivity index (χ0) is 9.26. The molecule has 0 saturated carbocycles. The molecule has 0 N–H and O–H groups in total. The molecule has 0 saturated heterocycles. The lowest BCUT2D eigenvalue weighted by atomic mass is 10.2. The molecule has 2 rings (SSSR count). The summed E-state index contributed by atoms with van der Waals surface area (Å²) in [5.74, 6) is 0.698. The molecule has 2 aromatic rings. The van der Waals surface area contributed by atoms with Gasteiger partial charge in [0.15, 0.2) is 0 Å². The van der Waals surface area contributed by atoms with Gasteiger partial charge in [-0.15, -0.1) is 0 Å². The van der Waals surface area contributed by atoms with Crippen molar-refractivity contribution >= 4 is 5.78 Å². The molecule has 0 atom stereocenters. The van der Waals surface area contributed by atoms with Crippen LogP contribution >= 0.6 is 0 Å². The molecule has 0 bridgehead atoms. The van der Waals surface area contributed by atoms with Crippen LogP contribution in [0.4, 0.5) is 0 Å². The van der Waals surface area contributed by atoms with Crippen LogP contribution in [-0.4, -0.2) is 19.6 Å². The number of nitrogens with zero attached hydrogens (tertiary/aromatic N) is 4. The maximum absolute atomic E-state index is 4.38. The van der Waals surface area contributed by atoms with Crippen molar-refractivity contribution in [2.24, 2.45) is 0 Å². The van der Waals surface area contributed by atoms with E-state index in [2.05, 4.69) is 28.1 Å². The van der Waals surface area contributed by atoms with Gasteiger partial charge in [-0.2, -0.15) is 10.1 Å². The summed E-state index contributed by atoms with van der Waals surface area (Å²) in [6, 6.07) is 2.06. The summed E-state index contributed by atoms with van der Waals surface area (Å²) < 4.78 is 1.75. The standard InChI is InChI=1S/C9H12N4/c1-3-4-8-5-7(2)13-9(12-8)10-6-11-13/h5-6H,3-4H2,1-2H3. The maximum atomic E-state index is 4.38. The highest BCUT2D eigenvalue weighted by molar-refractivity contribution is 5.29. The summed E-state index contributed by atoms with van der Waals surface area (Å²) in [5.41, 5.74) is 2.19. The monoisotopic (exact) mass is 176 g/mol. The molecular weight excluding hydrogens is 164 g/mol. The number of hydrogen-bond acceptors (Lipinski definition) is 3. The highest BCUT2D eigenvalue weighted by Crippen LogP contribution is 2.05. The topological polar surface area (TPSA) is 43.1 Å². The van der Waals surface area contributed by atoms with E-state index in [-0.39, 0.29) is 0 Å². The van der Waals surface area contributed by atoms with Gasteiger partial charge >= 0.3 is 0 Å². The summed E-state index contributed by atoms with van der Waals surface area (Å²) in [6.45, 7) is 4.16. The highest BCUT2D eigenvalue weighted by Gasteiger charge is 2.02.